The summed E-state index contributed by atoms with van der Waals surface area (Å²) in [5, 5.41) is 10.8. The quantitative estimate of drug-likeness (QED) is 0.929. The van der Waals surface area contributed by atoms with Crippen molar-refractivity contribution in [1.29, 1.82) is 0 Å². The first kappa shape index (κ1) is 15.7. The van der Waals surface area contributed by atoms with E-state index in [1.54, 1.807) is 0 Å². The second-order valence-electron chi connectivity index (χ2n) is 5.86. The van der Waals surface area contributed by atoms with Crippen LogP contribution in [0, 0.1) is 5.92 Å². The zero-order valence-electron chi connectivity index (χ0n) is 12.8. The zero-order chi connectivity index (χ0) is 16.2. The number of piperidine rings is 1. The third-order valence-electron chi connectivity index (χ3n) is 4.31. The van der Waals surface area contributed by atoms with Gasteiger partial charge in [0.1, 0.15) is 0 Å². The topological polar surface area (TPSA) is 57.6 Å². The van der Waals surface area contributed by atoms with E-state index in [1.807, 2.05) is 46.7 Å². The molecule has 1 aliphatic rings. The Labute approximate surface area is 139 Å². The van der Waals surface area contributed by atoms with Crippen LogP contribution in [0.25, 0.3) is 11.1 Å². The van der Waals surface area contributed by atoms with E-state index >= 15 is 0 Å². The maximum Gasteiger partial charge on any atom is 0.303 e. The molecule has 1 aliphatic heterocycles. The number of carbonyl (C=O) groups is 2. The Morgan fingerprint density at radius 2 is 1.83 bits per heavy atom. The van der Waals surface area contributed by atoms with E-state index in [1.165, 1.54) is 11.3 Å². The third-order valence-corrected chi connectivity index (χ3v) is 5.21. The lowest BCUT2D eigenvalue weighted by Gasteiger charge is -2.31. The van der Waals surface area contributed by atoms with Crippen LogP contribution in [0.5, 0.6) is 0 Å². The SMILES string of the molecule is O=C(O)CC1CCN(C(=O)c2sccc2-c2ccccc2)CC1. The fourth-order valence-corrected chi connectivity index (χ4v) is 3.93. The molecule has 0 atom stereocenters. The van der Waals surface area contributed by atoms with E-state index < -0.39 is 5.97 Å². The van der Waals surface area contributed by atoms with Crippen molar-refractivity contribution in [3.63, 3.8) is 0 Å². The highest BCUT2D eigenvalue weighted by Gasteiger charge is 2.27. The van der Waals surface area contributed by atoms with Crippen molar-refractivity contribution in [2.45, 2.75) is 19.3 Å². The fourth-order valence-electron chi connectivity index (χ4n) is 3.05. The summed E-state index contributed by atoms with van der Waals surface area (Å²) in [6.07, 6.45) is 1.74. The number of thiophene rings is 1. The maximum atomic E-state index is 12.8. The molecule has 2 aromatic rings. The number of hydrogen-bond donors (Lipinski definition) is 1. The average molecular weight is 329 g/mol. The van der Waals surface area contributed by atoms with Gasteiger partial charge < -0.3 is 10.0 Å². The number of likely N-dealkylation sites (tertiary alicyclic amines) is 1. The lowest BCUT2D eigenvalue weighted by atomic mass is 9.93. The van der Waals surface area contributed by atoms with Crippen molar-refractivity contribution in [1.82, 2.24) is 4.90 Å². The smallest absolute Gasteiger partial charge is 0.303 e. The van der Waals surface area contributed by atoms with E-state index in [2.05, 4.69) is 0 Å². The van der Waals surface area contributed by atoms with Crippen LogP contribution in [0.4, 0.5) is 0 Å². The molecule has 0 aliphatic carbocycles. The predicted octanol–water partition coefficient (Wildman–Crippen LogP) is 3.74. The summed E-state index contributed by atoms with van der Waals surface area (Å²) < 4.78 is 0. The number of carbonyl (C=O) groups excluding carboxylic acids is 1. The molecule has 0 bridgehead atoms. The van der Waals surface area contributed by atoms with Crippen molar-refractivity contribution in [3.8, 4) is 11.1 Å². The van der Waals surface area contributed by atoms with Crippen LogP contribution in [0.1, 0.15) is 28.9 Å². The minimum absolute atomic E-state index is 0.0626. The summed E-state index contributed by atoms with van der Waals surface area (Å²) in [5.41, 5.74) is 2.03. The van der Waals surface area contributed by atoms with Crippen LogP contribution in [0.3, 0.4) is 0 Å². The summed E-state index contributed by atoms with van der Waals surface area (Å²) in [7, 11) is 0. The highest BCUT2D eigenvalue weighted by atomic mass is 32.1. The summed E-state index contributed by atoms with van der Waals surface area (Å²) in [5.74, 6) is -0.500. The molecule has 0 spiro atoms. The Kier molecular flexibility index (Phi) is 4.76. The van der Waals surface area contributed by atoms with Gasteiger partial charge in [-0.2, -0.15) is 0 Å². The summed E-state index contributed by atoms with van der Waals surface area (Å²) >= 11 is 1.47. The Morgan fingerprint density at radius 3 is 2.48 bits per heavy atom. The number of benzene rings is 1. The van der Waals surface area contributed by atoms with Gasteiger partial charge >= 0.3 is 5.97 Å². The van der Waals surface area contributed by atoms with Gasteiger partial charge in [-0.05, 0) is 35.8 Å². The number of hydrogen-bond acceptors (Lipinski definition) is 3. The van der Waals surface area contributed by atoms with Gasteiger partial charge in [-0.3, -0.25) is 9.59 Å². The molecule has 23 heavy (non-hydrogen) atoms. The Bertz CT molecular complexity index is 687. The van der Waals surface area contributed by atoms with E-state index in [9.17, 15) is 9.59 Å². The number of rotatable bonds is 4. The second kappa shape index (κ2) is 6.96. The summed E-state index contributed by atoms with van der Waals surface area (Å²) in [6, 6.07) is 11.9. The van der Waals surface area contributed by atoms with E-state index in [4.69, 9.17) is 5.11 Å². The molecule has 1 N–H and O–H groups in total. The van der Waals surface area contributed by atoms with Gasteiger partial charge in [-0.15, -0.1) is 11.3 Å². The Morgan fingerprint density at radius 1 is 1.13 bits per heavy atom. The first-order valence-electron chi connectivity index (χ1n) is 7.79. The first-order chi connectivity index (χ1) is 11.1. The monoisotopic (exact) mass is 329 g/mol. The van der Waals surface area contributed by atoms with Crippen molar-refractivity contribution in [2.24, 2.45) is 5.92 Å². The van der Waals surface area contributed by atoms with Crippen molar-refractivity contribution < 1.29 is 14.7 Å². The van der Waals surface area contributed by atoms with Gasteiger partial charge in [0, 0.05) is 25.1 Å². The molecule has 0 radical (unpaired) electrons. The van der Waals surface area contributed by atoms with E-state index in [-0.39, 0.29) is 18.2 Å². The highest BCUT2D eigenvalue weighted by Crippen LogP contribution is 2.30. The molecule has 3 rings (SSSR count). The zero-order valence-corrected chi connectivity index (χ0v) is 13.6. The molecule has 1 fully saturated rings. The van der Waals surface area contributed by atoms with E-state index in [0.29, 0.717) is 13.1 Å². The minimum atomic E-state index is -0.751. The molecule has 120 valence electrons. The number of amides is 1. The van der Waals surface area contributed by atoms with Crippen molar-refractivity contribution in [2.75, 3.05) is 13.1 Å². The second-order valence-corrected chi connectivity index (χ2v) is 6.78. The molecule has 0 saturated carbocycles. The Balaban J connectivity index is 1.71. The molecule has 2 heterocycles. The van der Waals surface area contributed by atoms with Crippen molar-refractivity contribution in [3.05, 3.63) is 46.7 Å². The molecule has 4 nitrogen and oxygen atoms in total. The molecule has 0 unspecified atom stereocenters. The van der Waals surface area contributed by atoms with Gasteiger partial charge in [0.15, 0.2) is 0 Å². The molecule has 1 aromatic carbocycles. The average Bonchev–Trinajstić information content (AvgIpc) is 3.05. The molecule has 1 amide bonds. The van der Waals surface area contributed by atoms with Gasteiger partial charge in [-0.25, -0.2) is 0 Å². The highest BCUT2D eigenvalue weighted by molar-refractivity contribution is 7.12. The fraction of sp³-hybridized carbons (Fsp3) is 0.333. The number of carboxylic acids is 1. The van der Waals surface area contributed by atoms with Gasteiger partial charge in [0.05, 0.1) is 4.88 Å². The van der Waals surface area contributed by atoms with Crippen molar-refractivity contribution >= 4 is 23.2 Å². The minimum Gasteiger partial charge on any atom is -0.481 e. The Hall–Kier alpha value is -2.14. The largest absolute Gasteiger partial charge is 0.481 e. The predicted molar refractivity (Wildman–Crippen MR) is 90.6 cm³/mol. The summed E-state index contributed by atoms with van der Waals surface area (Å²) in [6.45, 7) is 1.28. The first-order valence-corrected chi connectivity index (χ1v) is 8.67. The molecular weight excluding hydrogens is 310 g/mol. The lowest BCUT2D eigenvalue weighted by Crippen LogP contribution is -2.38. The molecule has 5 heteroatoms. The van der Waals surface area contributed by atoms with Gasteiger partial charge in [-0.1, -0.05) is 30.3 Å². The number of nitrogens with zero attached hydrogens (tertiary/aromatic N) is 1. The van der Waals surface area contributed by atoms with Crippen LogP contribution in [-0.2, 0) is 4.79 Å². The van der Waals surface area contributed by atoms with Crippen LogP contribution < -0.4 is 0 Å². The van der Waals surface area contributed by atoms with Crippen LogP contribution in [0.15, 0.2) is 41.8 Å². The summed E-state index contributed by atoms with van der Waals surface area (Å²) in [4.78, 5) is 26.2. The van der Waals surface area contributed by atoms with Crippen LogP contribution in [-0.4, -0.2) is 35.0 Å². The normalized spacial score (nSPS) is 15.6. The molecule has 1 aromatic heterocycles. The number of carboxylic acid groups (broad SMARTS) is 1. The van der Waals surface area contributed by atoms with E-state index in [0.717, 1.165) is 28.8 Å². The lowest BCUT2D eigenvalue weighted by molar-refractivity contribution is -0.138. The van der Waals surface area contributed by atoms with Gasteiger partial charge in [0.2, 0.25) is 0 Å². The maximum absolute atomic E-state index is 12.8. The number of aliphatic carboxylic acids is 1. The molecular formula is C18H19NO3S. The third kappa shape index (κ3) is 3.62. The van der Waals surface area contributed by atoms with Crippen LogP contribution >= 0.6 is 11.3 Å². The van der Waals surface area contributed by atoms with Gasteiger partial charge in [0.25, 0.3) is 5.91 Å². The standard InChI is InChI=1S/C18H19NO3S/c20-16(21)12-13-6-9-19(10-7-13)18(22)17-15(8-11-23-17)14-4-2-1-3-5-14/h1-5,8,11,13H,6-7,9-10,12H2,(H,20,21). The molecule has 1 saturated heterocycles. The van der Waals surface area contributed by atoms with Crippen LogP contribution in [0.2, 0.25) is 0 Å².